The number of ketones is 2. The van der Waals surface area contributed by atoms with Crippen molar-refractivity contribution in [3.8, 4) is 0 Å². The van der Waals surface area contributed by atoms with Gasteiger partial charge in [-0.2, -0.15) is 0 Å². The second-order valence-electron chi connectivity index (χ2n) is 3.64. The highest BCUT2D eigenvalue weighted by Gasteiger charge is 2.35. The fraction of sp³-hybridized carbons (Fsp3) is 0.500. The van der Waals surface area contributed by atoms with Gasteiger partial charge in [-0.1, -0.05) is 37.0 Å². The first-order valence-electron chi connectivity index (χ1n) is 5.69. The Balaban J connectivity index is 2.99. The van der Waals surface area contributed by atoms with Crippen molar-refractivity contribution in [2.24, 2.45) is 0 Å². The maximum atomic E-state index is 11.9. The van der Waals surface area contributed by atoms with Gasteiger partial charge in [-0.05, 0) is 12.8 Å². The molecule has 1 aliphatic rings. The van der Waals surface area contributed by atoms with Crippen molar-refractivity contribution in [2.45, 2.75) is 26.7 Å². The monoisotopic (exact) mass is 292 g/mol. The van der Waals surface area contributed by atoms with Gasteiger partial charge in [0.2, 0.25) is 11.6 Å². The van der Waals surface area contributed by atoms with E-state index in [4.69, 9.17) is 32.7 Å². The molecule has 0 saturated heterocycles. The number of carbonyl (C=O) groups excluding carboxylic acids is 2. The quantitative estimate of drug-likeness (QED) is 0.707. The second kappa shape index (κ2) is 6.81. The van der Waals surface area contributed by atoms with Crippen molar-refractivity contribution in [1.29, 1.82) is 0 Å². The van der Waals surface area contributed by atoms with Crippen LogP contribution in [0.4, 0.5) is 0 Å². The average Bonchev–Trinajstić information content (AvgIpc) is 2.37. The van der Waals surface area contributed by atoms with E-state index in [0.29, 0.717) is 26.1 Å². The van der Waals surface area contributed by atoms with Crippen molar-refractivity contribution >= 4 is 34.8 Å². The SMILES string of the molecule is CCCOC1=C(Cl)C(=O)C(OCCC)=C(Cl)C1=O. The number of allylic oxidation sites excluding steroid dienone is 2. The predicted octanol–water partition coefficient (Wildman–Crippen LogP) is 2.89. The zero-order valence-corrected chi connectivity index (χ0v) is 11.7. The lowest BCUT2D eigenvalue weighted by atomic mass is 10.1. The molecule has 18 heavy (non-hydrogen) atoms. The summed E-state index contributed by atoms with van der Waals surface area (Å²) >= 11 is 11.6. The third kappa shape index (κ3) is 3.06. The van der Waals surface area contributed by atoms with Gasteiger partial charge >= 0.3 is 0 Å². The molecule has 0 atom stereocenters. The van der Waals surface area contributed by atoms with Crippen LogP contribution in [0, 0.1) is 0 Å². The summed E-state index contributed by atoms with van der Waals surface area (Å²) in [5.41, 5.74) is 0. The van der Waals surface area contributed by atoms with E-state index in [1.54, 1.807) is 0 Å². The third-order valence-electron chi connectivity index (χ3n) is 2.11. The van der Waals surface area contributed by atoms with Crippen LogP contribution >= 0.6 is 23.2 Å². The number of halogens is 2. The molecule has 0 unspecified atom stereocenters. The molecule has 0 saturated carbocycles. The highest BCUT2D eigenvalue weighted by Crippen LogP contribution is 2.30. The van der Waals surface area contributed by atoms with Crippen LogP contribution in [0.25, 0.3) is 0 Å². The zero-order chi connectivity index (χ0) is 13.7. The average molecular weight is 293 g/mol. The Morgan fingerprint density at radius 2 is 1.17 bits per heavy atom. The molecule has 4 nitrogen and oxygen atoms in total. The molecule has 0 aromatic carbocycles. The van der Waals surface area contributed by atoms with Gasteiger partial charge in [-0.3, -0.25) is 9.59 Å². The summed E-state index contributed by atoms with van der Waals surface area (Å²) in [6.45, 7) is 4.33. The summed E-state index contributed by atoms with van der Waals surface area (Å²) in [6, 6.07) is 0. The first kappa shape index (κ1) is 15.1. The topological polar surface area (TPSA) is 52.6 Å². The van der Waals surface area contributed by atoms with Gasteiger partial charge < -0.3 is 9.47 Å². The summed E-state index contributed by atoms with van der Waals surface area (Å²) < 4.78 is 10.3. The molecule has 1 rings (SSSR count). The molecule has 0 aromatic heterocycles. The van der Waals surface area contributed by atoms with Crippen LogP contribution in [-0.4, -0.2) is 24.8 Å². The van der Waals surface area contributed by atoms with E-state index in [2.05, 4.69) is 0 Å². The first-order valence-corrected chi connectivity index (χ1v) is 6.44. The minimum Gasteiger partial charge on any atom is -0.488 e. The van der Waals surface area contributed by atoms with Crippen molar-refractivity contribution in [3.05, 3.63) is 21.6 Å². The van der Waals surface area contributed by atoms with Gasteiger partial charge in [0.1, 0.15) is 10.1 Å². The molecule has 0 bridgehead atoms. The number of hydrogen-bond acceptors (Lipinski definition) is 4. The van der Waals surface area contributed by atoms with Crippen LogP contribution in [0.15, 0.2) is 21.6 Å². The summed E-state index contributed by atoms with van der Waals surface area (Å²) in [7, 11) is 0. The molecule has 1 aliphatic carbocycles. The van der Waals surface area contributed by atoms with Crippen molar-refractivity contribution in [2.75, 3.05) is 13.2 Å². The Labute approximate surface area is 116 Å². The first-order chi connectivity index (χ1) is 8.54. The van der Waals surface area contributed by atoms with Gasteiger partial charge in [0, 0.05) is 0 Å². The number of Topliss-reactive ketones (excluding diaryl/α,β-unsaturated/α-hetero) is 2. The Morgan fingerprint density at radius 3 is 1.44 bits per heavy atom. The molecule has 0 spiro atoms. The predicted molar refractivity (Wildman–Crippen MR) is 68.3 cm³/mol. The van der Waals surface area contributed by atoms with Gasteiger partial charge in [0.05, 0.1) is 13.2 Å². The molecule has 0 heterocycles. The van der Waals surface area contributed by atoms with E-state index in [0.717, 1.165) is 0 Å². The Morgan fingerprint density at radius 1 is 0.833 bits per heavy atom. The zero-order valence-electron chi connectivity index (χ0n) is 10.2. The number of hydrogen-bond donors (Lipinski definition) is 0. The van der Waals surface area contributed by atoms with E-state index < -0.39 is 11.6 Å². The molecule has 6 heteroatoms. The van der Waals surface area contributed by atoms with E-state index in [-0.39, 0.29) is 21.6 Å². The molecule has 0 fully saturated rings. The van der Waals surface area contributed by atoms with Gasteiger partial charge in [0.25, 0.3) is 0 Å². The molecule has 0 aromatic rings. The lowest BCUT2D eigenvalue weighted by molar-refractivity contribution is -0.120. The number of carbonyl (C=O) groups is 2. The van der Waals surface area contributed by atoms with Gasteiger partial charge in [-0.25, -0.2) is 0 Å². The van der Waals surface area contributed by atoms with Crippen LogP contribution in [0.5, 0.6) is 0 Å². The second-order valence-corrected chi connectivity index (χ2v) is 4.40. The van der Waals surface area contributed by atoms with Crippen molar-refractivity contribution < 1.29 is 19.1 Å². The Hall–Kier alpha value is -1.00. The summed E-state index contributed by atoms with van der Waals surface area (Å²) in [4.78, 5) is 23.7. The lowest BCUT2D eigenvalue weighted by Gasteiger charge is -2.18. The molecule has 0 aliphatic heterocycles. The molecular formula is C12H14Cl2O4. The fourth-order valence-electron chi connectivity index (χ4n) is 1.27. The van der Waals surface area contributed by atoms with E-state index in [1.165, 1.54) is 0 Å². The molecule has 0 amide bonds. The molecule has 0 N–H and O–H groups in total. The van der Waals surface area contributed by atoms with Crippen molar-refractivity contribution in [3.63, 3.8) is 0 Å². The van der Waals surface area contributed by atoms with Crippen LogP contribution < -0.4 is 0 Å². The minimum absolute atomic E-state index is 0.197. The molecule has 0 radical (unpaired) electrons. The third-order valence-corrected chi connectivity index (χ3v) is 2.80. The summed E-state index contributed by atoms with van der Waals surface area (Å²) in [5.74, 6) is -1.61. The number of rotatable bonds is 6. The highest BCUT2D eigenvalue weighted by molar-refractivity contribution is 6.55. The maximum absolute atomic E-state index is 11.9. The van der Waals surface area contributed by atoms with E-state index >= 15 is 0 Å². The standard InChI is InChI=1S/C12H14Cl2O4/c1-3-5-17-11-7(13)10(16)12(18-6-4-2)8(14)9(11)15/h3-6H2,1-2H3. The van der Waals surface area contributed by atoms with Crippen LogP contribution in [-0.2, 0) is 19.1 Å². The largest absolute Gasteiger partial charge is 0.488 e. The van der Waals surface area contributed by atoms with Gasteiger partial charge in [-0.15, -0.1) is 0 Å². The van der Waals surface area contributed by atoms with Crippen molar-refractivity contribution in [1.82, 2.24) is 0 Å². The normalized spacial score (nSPS) is 16.4. The van der Waals surface area contributed by atoms with E-state index in [1.807, 2.05) is 13.8 Å². The van der Waals surface area contributed by atoms with E-state index in [9.17, 15) is 9.59 Å². The lowest BCUT2D eigenvalue weighted by Crippen LogP contribution is -2.23. The minimum atomic E-state index is -0.610. The summed E-state index contributed by atoms with van der Waals surface area (Å²) in [6.07, 6.45) is 1.38. The smallest absolute Gasteiger partial charge is 0.244 e. The fourth-order valence-corrected chi connectivity index (χ4v) is 1.72. The van der Waals surface area contributed by atoms with Crippen LogP contribution in [0.2, 0.25) is 0 Å². The maximum Gasteiger partial charge on any atom is 0.244 e. The van der Waals surface area contributed by atoms with Gasteiger partial charge in [0.15, 0.2) is 11.5 Å². The van der Waals surface area contributed by atoms with Crippen LogP contribution in [0.1, 0.15) is 26.7 Å². The Bertz CT molecular complexity index is 384. The molecular weight excluding hydrogens is 279 g/mol. The number of ether oxygens (including phenoxy) is 2. The Kier molecular flexibility index (Phi) is 5.69. The van der Waals surface area contributed by atoms with Crippen LogP contribution in [0.3, 0.4) is 0 Å². The highest BCUT2D eigenvalue weighted by atomic mass is 35.5. The molecule has 100 valence electrons. The summed E-state index contributed by atoms with van der Waals surface area (Å²) in [5, 5.41) is -0.548.